The fraction of sp³-hybridized carbons (Fsp3) is 0.333. The Morgan fingerprint density at radius 2 is 1.73 bits per heavy atom. The van der Waals surface area contributed by atoms with Crippen LogP contribution < -0.4 is 14.4 Å². The quantitative estimate of drug-likeness (QED) is 0.641. The molecule has 0 fully saturated rings. The Labute approximate surface area is 176 Å². The van der Waals surface area contributed by atoms with Crippen LogP contribution in [0, 0.1) is 6.92 Å². The molecular formula is C21H26N2O6S. The topological polar surface area (TPSA) is 102 Å². The highest BCUT2D eigenvalue weighted by Crippen LogP contribution is 2.26. The highest BCUT2D eigenvalue weighted by molar-refractivity contribution is 7.92. The maximum atomic E-state index is 13.1. The van der Waals surface area contributed by atoms with Crippen LogP contribution in [-0.2, 0) is 19.6 Å². The van der Waals surface area contributed by atoms with Gasteiger partial charge >= 0.3 is 5.97 Å². The lowest BCUT2D eigenvalue weighted by atomic mass is 10.1. The second-order valence-corrected chi connectivity index (χ2v) is 8.50. The molecule has 0 saturated carbocycles. The Bertz CT molecular complexity index is 1020. The third kappa shape index (κ3) is 5.10. The number of hydrogen-bond donors (Lipinski definition) is 1. The standard InChI is InChI=1S/C21H26N2O6S/c1-6-19(23(30(5,26)27)15-10-12-16(28-3)13-11-15)20(24)22-18-9-7-8-17(14(18)2)21(25)29-4/h7-13,19H,6H2,1-5H3,(H,22,24). The van der Waals surface area contributed by atoms with E-state index in [1.165, 1.54) is 14.2 Å². The molecule has 0 heterocycles. The van der Waals surface area contributed by atoms with Gasteiger partial charge in [-0.05, 0) is 55.3 Å². The molecule has 1 atom stereocenters. The van der Waals surface area contributed by atoms with Crippen molar-refractivity contribution >= 4 is 33.3 Å². The normalized spacial score (nSPS) is 12.0. The number of anilines is 2. The average Bonchev–Trinajstić information content (AvgIpc) is 2.72. The Morgan fingerprint density at radius 1 is 1.10 bits per heavy atom. The summed E-state index contributed by atoms with van der Waals surface area (Å²) in [5.41, 5.74) is 1.60. The van der Waals surface area contributed by atoms with Crippen molar-refractivity contribution in [3.8, 4) is 5.75 Å². The maximum absolute atomic E-state index is 13.1. The highest BCUT2D eigenvalue weighted by Gasteiger charge is 2.32. The highest BCUT2D eigenvalue weighted by atomic mass is 32.2. The molecule has 0 aliphatic carbocycles. The molecule has 2 aromatic rings. The zero-order valence-corrected chi connectivity index (χ0v) is 18.4. The minimum atomic E-state index is -3.76. The van der Waals surface area contributed by atoms with Crippen molar-refractivity contribution in [1.29, 1.82) is 0 Å². The SMILES string of the molecule is CCC(C(=O)Nc1cccc(C(=O)OC)c1C)N(c1ccc(OC)cc1)S(C)(=O)=O. The number of methoxy groups -OCH3 is 2. The summed E-state index contributed by atoms with van der Waals surface area (Å²) < 4.78 is 36.0. The molecule has 2 rings (SSSR count). The van der Waals surface area contributed by atoms with Crippen molar-refractivity contribution in [3.63, 3.8) is 0 Å². The Balaban J connectivity index is 2.40. The van der Waals surface area contributed by atoms with Gasteiger partial charge in [-0.25, -0.2) is 13.2 Å². The van der Waals surface area contributed by atoms with E-state index in [-0.39, 0.29) is 6.42 Å². The number of rotatable bonds is 8. The average molecular weight is 435 g/mol. The van der Waals surface area contributed by atoms with Crippen LogP contribution in [0.15, 0.2) is 42.5 Å². The monoisotopic (exact) mass is 434 g/mol. The van der Waals surface area contributed by atoms with Crippen LogP contribution in [0.1, 0.15) is 29.3 Å². The summed E-state index contributed by atoms with van der Waals surface area (Å²) in [7, 11) is -0.977. The minimum absolute atomic E-state index is 0.237. The number of carbonyl (C=O) groups is 2. The molecule has 30 heavy (non-hydrogen) atoms. The minimum Gasteiger partial charge on any atom is -0.497 e. The van der Waals surface area contributed by atoms with Crippen LogP contribution in [0.3, 0.4) is 0 Å². The first-order valence-corrected chi connectivity index (χ1v) is 11.1. The molecule has 8 nitrogen and oxygen atoms in total. The van der Waals surface area contributed by atoms with E-state index in [0.29, 0.717) is 28.3 Å². The van der Waals surface area contributed by atoms with E-state index in [2.05, 4.69) is 5.32 Å². The first-order valence-electron chi connectivity index (χ1n) is 9.26. The van der Waals surface area contributed by atoms with E-state index in [1.807, 2.05) is 0 Å². The predicted octanol–water partition coefficient (Wildman–Crippen LogP) is 2.97. The molecule has 0 saturated heterocycles. The van der Waals surface area contributed by atoms with Gasteiger partial charge in [-0.2, -0.15) is 0 Å². The Hall–Kier alpha value is -3.07. The van der Waals surface area contributed by atoms with Gasteiger partial charge in [-0.1, -0.05) is 13.0 Å². The van der Waals surface area contributed by atoms with Gasteiger partial charge in [-0.3, -0.25) is 9.10 Å². The lowest BCUT2D eigenvalue weighted by molar-refractivity contribution is -0.117. The molecular weight excluding hydrogens is 408 g/mol. The Kier molecular flexibility index (Phi) is 7.44. The van der Waals surface area contributed by atoms with Gasteiger partial charge in [0, 0.05) is 5.69 Å². The van der Waals surface area contributed by atoms with Gasteiger partial charge < -0.3 is 14.8 Å². The van der Waals surface area contributed by atoms with Crippen molar-refractivity contribution in [1.82, 2.24) is 0 Å². The number of esters is 1. The van der Waals surface area contributed by atoms with Crippen molar-refractivity contribution < 1.29 is 27.5 Å². The predicted molar refractivity (Wildman–Crippen MR) is 116 cm³/mol. The number of carbonyl (C=O) groups excluding carboxylic acids is 2. The second kappa shape index (κ2) is 9.62. The third-order valence-electron chi connectivity index (χ3n) is 4.65. The molecule has 0 aliphatic heterocycles. The van der Waals surface area contributed by atoms with Gasteiger partial charge in [0.25, 0.3) is 0 Å². The summed E-state index contributed by atoms with van der Waals surface area (Å²) in [4.78, 5) is 25.0. The third-order valence-corrected chi connectivity index (χ3v) is 5.83. The molecule has 0 bridgehead atoms. The van der Waals surface area contributed by atoms with E-state index < -0.39 is 27.9 Å². The van der Waals surface area contributed by atoms with Crippen LogP contribution in [-0.4, -0.2) is 46.8 Å². The fourth-order valence-corrected chi connectivity index (χ4v) is 4.32. The molecule has 0 aromatic heterocycles. The molecule has 0 spiro atoms. The molecule has 1 amide bonds. The van der Waals surface area contributed by atoms with Gasteiger partial charge in [0.15, 0.2) is 0 Å². The number of benzene rings is 2. The first-order chi connectivity index (χ1) is 14.1. The number of nitrogens with zero attached hydrogens (tertiary/aromatic N) is 1. The van der Waals surface area contributed by atoms with Crippen molar-refractivity contribution in [2.45, 2.75) is 26.3 Å². The van der Waals surface area contributed by atoms with Gasteiger partial charge in [0.1, 0.15) is 11.8 Å². The Morgan fingerprint density at radius 3 is 2.23 bits per heavy atom. The van der Waals surface area contributed by atoms with Crippen LogP contribution >= 0.6 is 0 Å². The van der Waals surface area contributed by atoms with Crippen LogP contribution in [0.25, 0.3) is 0 Å². The van der Waals surface area contributed by atoms with Crippen molar-refractivity contribution in [2.75, 3.05) is 30.1 Å². The number of sulfonamides is 1. The van der Waals surface area contributed by atoms with Gasteiger partial charge in [-0.15, -0.1) is 0 Å². The molecule has 162 valence electrons. The van der Waals surface area contributed by atoms with Crippen LogP contribution in [0.2, 0.25) is 0 Å². The lowest BCUT2D eigenvalue weighted by Gasteiger charge is -2.30. The largest absolute Gasteiger partial charge is 0.497 e. The summed E-state index contributed by atoms with van der Waals surface area (Å²) in [6.45, 7) is 3.41. The zero-order chi connectivity index (χ0) is 22.5. The molecule has 9 heteroatoms. The second-order valence-electron chi connectivity index (χ2n) is 6.64. The van der Waals surface area contributed by atoms with E-state index in [9.17, 15) is 18.0 Å². The lowest BCUT2D eigenvalue weighted by Crippen LogP contribution is -2.47. The molecule has 2 aromatic carbocycles. The van der Waals surface area contributed by atoms with E-state index in [1.54, 1.807) is 56.3 Å². The van der Waals surface area contributed by atoms with Gasteiger partial charge in [0.2, 0.25) is 15.9 Å². The molecule has 1 N–H and O–H groups in total. The number of hydrogen-bond acceptors (Lipinski definition) is 6. The molecule has 1 unspecified atom stereocenters. The summed E-state index contributed by atoms with van der Waals surface area (Å²) in [6.07, 6.45) is 1.29. The molecule has 0 aliphatic rings. The van der Waals surface area contributed by atoms with Crippen LogP contribution in [0.4, 0.5) is 11.4 Å². The maximum Gasteiger partial charge on any atom is 0.338 e. The van der Waals surface area contributed by atoms with Crippen molar-refractivity contribution in [2.24, 2.45) is 0 Å². The summed E-state index contributed by atoms with van der Waals surface area (Å²) in [6, 6.07) is 10.3. The van der Waals surface area contributed by atoms with E-state index in [4.69, 9.17) is 9.47 Å². The molecule has 0 radical (unpaired) electrons. The summed E-state index contributed by atoms with van der Waals surface area (Å²) in [5.74, 6) is -0.463. The van der Waals surface area contributed by atoms with Crippen molar-refractivity contribution in [3.05, 3.63) is 53.6 Å². The number of amides is 1. The van der Waals surface area contributed by atoms with E-state index >= 15 is 0 Å². The first kappa shape index (κ1) is 23.2. The fourth-order valence-electron chi connectivity index (χ4n) is 3.11. The zero-order valence-electron chi connectivity index (χ0n) is 17.6. The van der Waals surface area contributed by atoms with Gasteiger partial charge in [0.05, 0.1) is 31.7 Å². The smallest absolute Gasteiger partial charge is 0.338 e. The summed E-state index contributed by atoms with van der Waals surface area (Å²) in [5, 5.41) is 2.75. The van der Waals surface area contributed by atoms with E-state index in [0.717, 1.165) is 10.6 Å². The number of nitrogens with one attached hydrogen (secondary N) is 1. The van der Waals surface area contributed by atoms with Crippen LogP contribution in [0.5, 0.6) is 5.75 Å². The summed E-state index contributed by atoms with van der Waals surface area (Å²) >= 11 is 0. The number of ether oxygens (including phenoxy) is 2.